The quantitative estimate of drug-likeness (QED) is 0.736. The molecule has 1 aromatic heterocycles. The predicted molar refractivity (Wildman–Crippen MR) is 87.1 cm³/mol. The average molecular weight is 347 g/mol. The zero-order valence-electron chi connectivity index (χ0n) is 13.3. The molecule has 0 aliphatic rings. The van der Waals surface area contributed by atoms with Crippen LogP contribution in [0, 0.1) is 0 Å². The van der Waals surface area contributed by atoms with Crippen LogP contribution in [0.5, 0.6) is 11.5 Å². The normalized spacial score (nSPS) is 11.3. The smallest absolute Gasteiger partial charge is 0.306 e. The van der Waals surface area contributed by atoms with Gasteiger partial charge in [0.25, 0.3) is 5.56 Å². The topological polar surface area (TPSA) is 64.5 Å². The van der Waals surface area contributed by atoms with Crippen molar-refractivity contribution in [3.63, 3.8) is 0 Å². The molecular formula is C18H15F2NO4. The van der Waals surface area contributed by atoms with Crippen molar-refractivity contribution in [1.29, 1.82) is 0 Å². The Morgan fingerprint density at radius 2 is 1.84 bits per heavy atom. The number of alkyl halides is 2. The SMILES string of the molecule is COc1cccc(C(F)(F)COc2ccc(-c3cc(=O)[nH]o3)cc2)c1. The molecule has 0 amide bonds. The highest BCUT2D eigenvalue weighted by molar-refractivity contribution is 5.57. The molecule has 130 valence electrons. The van der Waals surface area contributed by atoms with Crippen molar-refractivity contribution in [2.24, 2.45) is 0 Å². The first kappa shape index (κ1) is 16.8. The Kier molecular flexibility index (Phi) is 4.56. The molecule has 0 atom stereocenters. The minimum atomic E-state index is -3.17. The van der Waals surface area contributed by atoms with Crippen LogP contribution in [0.4, 0.5) is 8.78 Å². The molecule has 2 aromatic carbocycles. The third-order valence-electron chi connectivity index (χ3n) is 3.57. The van der Waals surface area contributed by atoms with Gasteiger partial charge in [0.05, 0.1) is 13.2 Å². The summed E-state index contributed by atoms with van der Waals surface area (Å²) >= 11 is 0. The van der Waals surface area contributed by atoms with Crippen LogP contribution >= 0.6 is 0 Å². The van der Waals surface area contributed by atoms with Crippen LogP contribution in [0.3, 0.4) is 0 Å². The second kappa shape index (κ2) is 6.80. The number of H-pyrrole nitrogens is 1. The standard InChI is InChI=1S/C18H15F2NO4/c1-23-15-4-2-3-13(9-15)18(19,20)11-24-14-7-5-12(6-8-14)16-10-17(22)21-25-16/h2-10H,11H2,1H3,(H,21,22). The van der Waals surface area contributed by atoms with E-state index in [0.29, 0.717) is 17.1 Å². The van der Waals surface area contributed by atoms with E-state index in [2.05, 4.69) is 5.16 Å². The Hall–Kier alpha value is -3.09. The summed E-state index contributed by atoms with van der Waals surface area (Å²) in [4.78, 5) is 11.1. The molecule has 0 saturated carbocycles. The second-order valence-electron chi connectivity index (χ2n) is 5.33. The molecule has 0 aliphatic heterocycles. The van der Waals surface area contributed by atoms with E-state index in [1.807, 2.05) is 0 Å². The summed E-state index contributed by atoms with van der Waals surface area (Å²) in [6.45, 7) is -0.807. The lowest BCUT2D eigenvalue weighted by molar-refractivity contribution is -0.0468. The Morgan fingerprint density at radius 3 is 2.48 bits per heavy atom. The van der Waals surface area contributed by atoms with E-state index in [9.17, 15) is 13.6 Å². The van der Waals surface area contributed by atoms with Crippen molar-refractivity contribution in [3.05, 3.63) is 70.5 Å². The van der Waals surface area contributed by atoms with Crippen LogP contribution in [-0.4, -0.2) is 18.9 Å². The number of ether oxygens (including phenoxy) is 2. The molecule has 0 radical (unpaired) electrons. The minimum Gasteiger partial charge on any atom is -0.497 e. The van der Waals surface area contributed by atoms with E-state index in [4.69, 9.17) is 14.0 Å². The van der Waals surface area contributed by atoms with Gasteiger partial charge in [-0.2, -0.15) is 13.9 Å². The van der Waals surface area contributed by atoms with Gasteiger partial charge in [0.15, 0.2) is 12.4 Å². The number of nitrogens with one attached hydrogen (secondary N) is 1. The van der Waals surface area contributed by atoms with E-state index in [-0.39, 0.29) is 16.9 Å². The Balaban J connectivity index is 1.69. The van der Waals surface area contributed by atoms with Crippen molar-refractivity contribution >= 4 is 0 Å². The van der Waals surface area contributed by atoms with Gasteiger partial charge < -0.3 is 14.0 Å². The van der Waals surface area contributed by atoms with Gasteiger partial charge in [-0.3, -0.25) is 4.79 Å². The Labute approximate surface area is 141 Å². The largest absolute Gasteiger partial charge is 0.497 e. The first-order valence-corrected chi connectivity index (χ1v) is 7.42. The lowest BCUT2D eigenvalue weighted by atomic mass is 10.1. The summed E-state index contributed by atoms with van der Waals surface area (Å²) in [5, 5.41) is 2.18. The molecule has 1 N–H and O–H groups in total. The summed E-state index contributed by atoms with van der Waals surface area (Å²) in [6, 6.07) is 13.3. The lowest BCUT2D eigenvalue weighted by Crippen LogP contribution is -2.23. The molecule has 5 nitrogen and oxygen atoms in total. The number of hydrogen-bond donors (Lipinski definition) is 1. The molecule has 0 fully saturated rings. The van der Waals surface area contributed by atoms with Gasteiger partial charge in [-0.25, -0.2) is 0 Å². The molecule has 0 spiro atoms. The third kappa shape index (κ3) is 3.88. The van der Waals surface area contributed by atoms with Crippen LogP contribution in [-0.2, 0) is 5.92 Å². The number of methoxy groups -OCH3 is 1. The fourth-order valence-corrected chi connectivity index (χ4v) is 2.25. The zero-order chi connectivity index (χ0) is 17.9. The number of hydrogen-bond acceptors (Lipinski definition) is 4. The van der Waals surface area contributed by atoms with Crippen molar-refractivity contribution in [3.8, 4) is 22.8 Å². The number of halogens is 2. The van der Waals surface area contributed by atoms with Crippen molar-refractivity contribution in [2.75, 3.05) is 13.7 Å². The summed E-state index contributed by atoms with van der Waals surface area (Å²) in [7, 11) is 1.42. The molecule has 0 bridgehead atoms. The van der Waals surface area contributed by atoms with E-state index in [1.165, 1.54) is 43.5 Å². The fraction of sp³-hybridized carbons (Fsp3) is 0.167. The van der Waals surface area contributed by atoms with E-state index in [1.54, 1.807) is 18.2 Å². The first-order valence-electron chi connectivity index (χ1n) is 7.42. The number of aromatic nitrogens is 1. The molecule has 0 aliphatic carbocycles. The Bertz CT molecular complexity index is 900. The van der Waals surface area contributed by atoms with E-state index in [0.717, 1.165) is 0 Å². The summed E-state index contributed by atoms with van der Waals surface area (Å²) < 4.78 is 43.7. The molecular weight excluding hydrogens is 332 g/mol. The van der Waals surface area contributed by atoms with Crippen LogP contribution in [0.25, 0.3) is 11.3 Å². The van der Waals surface area contributed by atoms with Gasteiger partial charge in [-0.1, -0.05) is 12.1 Å². The average Bonchev–Trinajstić information content (AvgIpc) is 3.07. The van der Waals surface area contributed by atoms with Crippen LogP contribution in [0.2, 0.25) is 0 Å². The molecule has 3 aromatic rings. The van der Waals surface area contributed by atoms with Gasteiger partial charge in [-0.15, -0.1) is 0 Å². The molecule has 0 unspecified atom stereocenters. The zero-order valence-corrected chi connectivity index (χ0v) is 13.3. The van der Waals surface area contributed by atoms with Gasteiger partial charge in [0.2, 0.25) is 0 Å². The highest BCUT2D eigenvalue weighted by Gasteiger charge is 2.33. The van der Waals surface area contributed by atoms with Gasteiger partial charge in [0, 0.05) is 11.1 Å². The van der Waals surface area contributed by atoms with Crippen LogP contribution in [0.1, 0.15) is 5.56 Å². The minimum absolute atomic E-state index is 0.183. The second-order valence-corrected chi connectivity index (χ2v) is 5.33. The van der Waals surface area contributed by atoms with Crippen molar-refractivity contribution < 1.29 is 22.8 Å². The van der Waals surface area contributed by atoms with Gasteiger partial charge >= 0.3 is 5.92 Å². The van der Waals surface area contributed by atoms with Gasteiger partial charge in [0.1, 0.15) is 11.5 Å². The number of rotatable bonds is 6. The highest BCUT2D eigenvalue weighted by atomic mass is 19.3. The lowest BCUT2D eigenvalue weighted by Gasteiger charge is -2.18. The monoisotopic (exact) mass is 347 g/mol. The number of aromatic amines is 1. The van der Waals surface area contributed by atoms with E-state index >= 15 is 0 Å². The van der Waals surface area contributed by atoms with E-state index < -0.39 is 12.5 Å². The summed E-state index contributed by atoms with van der Waals surface area (Å²) in [6.07, 6.45) is 0. The van der Waals surface area contributed by atoms with Crippen LogP contribution < -0.4 is 15.0 Å². The maximum absolute atomic E-state index is 14.3. The summed E-state index contributed by atoms with van der Waals surface area (Å²) in [5.41, 5.74) is 0.0936. The maximum atomic E-state index is 14.3. The van der Waals surface area contributed by atoms with Crippen LogP contribution in [0.15, 0.2) is 63.9 Å². The Morgan fingerprint density at radius 1 is 1.08 bits per heavy atom. The molecule has 7 heteroatoms. The molecule has 25 heavy (non-hydrogen) atoms. The van der Waals surface area contributed by atoms with Crippen molar-refractivity contribution in [2.45, 2.75) is 5.92 Å². The molecule has 1 heterocycles. The predicted octanol–water partition coefficient (Wildman–Crippen LogP) is 3.81. The first-order chi connectivity index (χ1) is 12.0. The number of benzene rings is 2. The maximum Gasteiger partial charge on any atom is 0.306 e. The molecule has 3 rings (SSSR count). The van der Waals surface area contributed by atoms with Crippen molar-refractivity contribution in [1.82, 2.24) is 5.16 Å². The molecule has 0 saturated heterocycles. The highest BCUT2D eigenvalue weighted by Crippen LogP contribution is 2.31. The third-order valence-corrected chi connectivity index (χ3v) is 3.57. The fourth-order valence-electron chi connectivity index (χ4n) is 2.25. The van der Waals surface area contributed by atoms with Gasteiger partial charge in [-0.05, 0) is 36.4 Å². The summed E-state index contributed by atoms with van der Waals surface area (Å²) in [5.74, 6) is -2.17.